The van der Waals surface area contributed by atoms with Crippen molar-refractivity contribution < 1.29 is 5.11 Å². The Hall–Kier alpha value is -1.54. The minimum atomic E-state index is 0.192. The lowest BCUT2D eigenvalue weighted by atomic mass is 10.3. The Morgan fingerprint density at radius 2 is 1.83 bits per heavy atom. The molecule has 1 aromatic carbocycles. The van der Waals surface area contributed by atoms with Crippen molar-refractivity contribution in [2.45, 2.75) is 9.92 Å². The normalized spacial score (nSPS) is 15.7. The Labute approximate surface area is 150 Å². The van der Waals surface area contributed by atoms with Crippen molar-refractivity contribution in [3.05, 3.63) is 35.6 Å². The van der Waals surface area contributed by atoms with Crippen LogP contribution in [-0.2, 0) is 0 Å². The number of rotatable bonds is 5. The molecule has 8 heteroatoms. The van der Waals surface area contributed by atoms with E-state index in [1.165, 1.54) is 11.8 Å². The summed E-state index contributed by atoms with van der Waals surface area (Å²) >= 11 is 7.43. The second-order valence-electron chi connectivity index (χ2n) is 5.52. The van der Waals surface area contributed by atoms with Crippen LogP contribution in [0.4, 0.5) is 11.5 Å². The Kier molecular flexibility index (Phi) is 5.78. The number of hydrogen-bond donors (Lipinski definition) is 2. The van der Waals surface area contributed by atoms with Gasteiger partial charge < -0.3 is 15.7 Å². The van der Waals surface area contributed by atoms with Crippen molar-refractivity contribution in [3.8, 4) is 0 Å². The van der Waals surface area contributed by atoms with Gasteiger partial charge in [-0.25, -0.2) is 9.97 Å². The van der Waals surface area contributed by atoms with E-state index in [0.29, 0.717) is 17.3 Å². The van der Waals surface area contributed by atoms with Gasteiger partial charge in [0.25, 0.3) is 0 Å². The van der Waals surface area contributed by atoms with Gasteiger partial charge in [-0.2, -0.15) is 0 Å². The number of aliphatic hydroxyl groups excluding tert-OH is 1. The highest BCUT2D eigenvalue weighted by Crippen LogP contribution is 2.34. The third kappa shape index (κ3) is 4.10. The van der Waals surface area contributed by atoms with Crippen LogP contribution in [0.2, 0.25) is 5.02 Å². The summed E-state index contributed by atoms with van der Waals surface area (Å²) in [5.74, 6) is 0.783. The van der Waals surface area contributed by atoms with Crippen LogP contribution in [0.25, 0.3) is 0 Å². The quantitative estimate of drug-likeness (QED) is 0.784. The van der Waals surface area contributed by atoms with Crippen molar-refractivity contribution in [2.75, 3.05) is 50.0 Å². The number of aromatic nitrogens is 2. The Bertz CT molecular complexity index is 677. The summed E-state index contributed by atoms with van der Waals surface area (Å²) in [7, 11) is 0. The minimum absolute atomic E-state index is 0.192. The van der Waals surface area contributed by atoms with Crippen LogP contribution in [0.5, 0.6) is 0 Å². The standard InChI is InChI=1S/C16H20ClN5OS/c17-12-1-3-13(4-2-12)24-16-14(18)15(19-11-20-16)22-7-5-21(6-8-22)9-10-23/h1-4,11,23H,5-10,18H2. The molecule has 0 saturated carbocycles. The molecule has 1 aliphatic heterocycles. The molecule has 3 N–H and O–H groups in total. The fourth-order valence-corrected chi connectivity index (χ4v) is 3.57. The zero-order valence-corrected chi connectivity index (χ0v) is 14.8. The fraction of sp³-hybridized carbons (Fsp3) is 0.375. The molecule has 2 heterocycles. The van der Waals surface area contributed by atoms with E-state index in [0.717, 1.165) is 41.9 Å². The molecule has 6 nitrogen and oxygen atoms in total. The van der Waals surface area contributed by atoms with Crippen molar-refractivity contribution in [2.24, 2.45) is 0 Å². The lowest BCUT2D eigenvalue weighted by Crippen LogP contribution is -2.47. The van der Waals surface area contributed by atoms with Crippen molar-refractivity contribution in [1.29, 1.82) is 0 Å². The van der Waals surface area contributed by atoms with E-state index in [4.69, 9.17) is 22.4 Å². The SMILES string of the molecule is Nc1c(Sc2ccc(Cl)cc2)ncnc1N1CCN(CCO)CC1. The summed E-state index contributed by atoms with van der Waals surface area (Å²) in [4.78, 5) is 14.1. The van der Waals surface area contributed by atoms with E-state index in [-0.39, 0.29) is 6.61 Å². The highest BCUT2D eigenvalue weighted by molar-refractivity contribution is 7.99. The molecule has 2 aromatic rings. The third-order valence-corrected chi connectivity index (χ3v) is 5.22. The highest BCUT2D eigenvalue weighted by Gasteiger charge is 2.21. The smallest absolute Gasteiger partial charge is 0.156 e. The number of nitrogens with zero attached hydrogens (tertiary/aromatic N) is 4. The van der Waals surface area contributed by atoms with Crippen LogP contribution < -0.4 is 10.6 Å². The topological polar surface area (TPSA) is 78.5 Å². The summed E-state index contributed by atoms with van der Waals surface area (Å²) in [6.07, 6.45) is 1.56. The molecule has 1 aliphatic rings. The Morgan fingerprint density at radius 1 is 1.12 bits per heavy atom. The first-order valence-electron chi connectivity index (χ1n) is 7.79. The second-order valence-corrected chi connectivity index (χ2v) is 7.02. The maximum Gasteiger partial charge on any atom is 0.156 e. The van der Waals surface area contributed by atoms with Crippen LogP contribution in [0.1, 0.15) is 0 Å². The minimum Gasteiger partial charge on any atom is -0.395 e. The Balaban J connectivity index is 1.73. The van der Waals surface area contributed by atoms with E-state index < -0.39 is 0 Å². The van der Waals surface area contributed by atoms with Crippen LogP contribution in [0.15, 0.2) is 40.5 Å². The van der Waals surface area contributed by atoms with Crippen LogP contribution >= 0.6 is 23.4 Å². The van der Waals surface area contributed by atoms with Crippen LogP contribution in [0, 0.1) is 0 Å². The molecular formula is C16H20ClN5OS. The fourth-order valence-electron chi connectivity index (χ4n) is 2.64. The molecule has 0 spiro atoms. The third-order valence-electron chi connectivity index (χ3n) is 3.94. The van der Waals surface area contributed by atoms with Gasteiger partial charge in [-0.15, -0.1) is 0 Å². The predicted octanol–water partition coefficient (Wildman–Crippen LogP) is 1.98. The van der Waals surface area contributed by atoms with Crippen molar-refractivity contribution in [3.63, 3.8) is 0 Å². The molecule has 0 atom stereocenters. The highest BCUT2D eigenvalue weighted by atomic mass is 35.5. The molecule has 128 valence electrons. The van der Waals surface area contributed by atoms with E-state index in [1.807, 2.05) is 24.3 Å². The lowest BCUT2D eigenvalue weighted by Gasteiger charge is -2.35. The summed E-state index contributed by atoms with van der Waals surface area (Å²) < 4.78 is 0. The number of nitrogens with two attached hydrogens (primary N) is 1. The number of β-amino-alcohol motifs (C(OH)–C–C–N with tert-alkyl or cyclic N) is 1. The molecule has 0 bridgehead atoms. The molecule has 1 saturated heterocycles. The predicted molar refractivity (Wildman–Crippen MR) is 97.8 cm³/mol. The van der Waals surface area contributed by atoms with Crippen molar-refractivity contribution in [1.82, 2.24) is 14.9 Å². The summed E-state index contributed by atoms with van der Waals surface area (Å²) in [6, 6.07) is 7.59. The summed E-state index contributed by atoms with van der Waals surface area (Å²) in [5, 5.41) is 10.5. The number of aliphatic hydroxyl groups is 1. The van der Waals surface area contributed by atoms with Crippen molar-refractivity contribution >= 4 is 34.9 Å². The molecule has 0 aliphatic carbocycles. The van der Waals surface area contributed by atoms with Gasteiger partial charge in [0.15, 0.2) is 5.82 Å². The molecule has 0 unspecified atom stereocenters. The van der Waals surface area contributed by atoms with Gasteiger partial charge in [0, 0.05) is 42.6 Å². The molecule has 24 heavy (non-hydrogen) atoms. The first-order chi connectivity index (χ1) is 11.7. The van der Waals surface area contributed by atoms with Gasteiger partial charge in [-0.1, -0.05) is 23.4 Å². The maximum absolute atomic E-state index is 9.03. The van der Waals surface area contributed by atoms with Crippen LogP contribution in [0.3, 0.4) is 0 Å². The number of halogens is 1. The number of hydrogen-bond acceptors (Lipinski definition) is 7. The average molecular weight is 366 g/mol. The van der Waals surface area contributed by atoms with Gasteiger partial charge in [0.2, 0.25) is 0 Å². The summed E-state index contributed by atoms with van der Waals surface area (Å²) in [6.45, 7) is 4.37. The average Bonchev–Trinajstić information content (AvgIpc) is 2.60. The first-order valence-corrected chi connectivity index (χ1v) is 8.99. The van der Waals surface area contributed by atoms with Gasteiger partial charge >= 0.3 is 0 Å². The zero-order chi connectivity index (χ0) is 16.9. The first kappa shape index (κ1) is 17.3. The maximum atomic E-state index is 9.03. The van der Waals surface area contributed by atoms with Gasteiger partial charge in [-0.3, -0.25) is 4.90 Å². The Morgan fingerprint density at radius 3 is 2.50 bits per heavy atom. The zero-order valence-electron chi connectivity index (χ0n) is 13.2. The van der Waals surface area contributed by atoms with Gasteiger partial charge in [0.05, 0.1) is 6.61 Å². The number of benzene rings is 1. The molecular weight excluding hydrogens is 346 g/mol. The van der Waals surface area contributed by atoms with Gasteiger partial charge in [0.1, 0.15) is 17.0 Å². The van der Waals surface area contributed by atoms with Crippen LogP contribution in [-0.4, -0.2) is 59.3 Å². The van der Waals surface area contributed by atoms with E-state index in [2.05, 4.69) is 19.8 Å². The van der Waals surface area contributed by atoms with E-state index >= 15 is 0 Å². The molecule has 0 amide bonds. The molecule has 0 radical (unpaired) electrons. The summed E-state index contributed by atoms with van der Waals surface area (Å²) in [5.41, 5.74) is 6.92. The molecule has 1 fully saturated rings. The number of piperazine rings is 1. The van der Waals surface area contributed by atoms with Gasteiger partial charge in [-0.05, 0) is 24.3 Å². The van der Waals surface area contributed by atoms with E-state index in [1.54, 1.807) is 6.33 Å². The largest absolute Gasteiger partial charge is 0.395 e. The lowest BCUT2D eigenvalue weighted by molar-refractivity contribution is 0.188. The monoisotopic (exact) mass is 365 g/mol. The molecule has 1 aromatic heterocycles. The molecule has 3 rings (SSSR count). The number of nitrogen functional groups attached to an aromatic ring is 1. The number of anilines is 2. The van der Waals surface area contributed by atoms with E-state index in [9.17, 15) is 0 Å². The second kappa shape index (κ2) is 8.02.